The largest absolute Gasteiger partial charge is 0.374 e. The summed E-state index contributed by atoms with van der Waals surface area (Å²) in [7, 11) is 0. The molecule has 106 valence electrons. The lowest BCUT2D eigenvalue weighted by atomic mass is 10.1. The summed E-state index contributed by atoms with van der Waals surface area (Å²) in [4.78, 5) is 11.7. The highest BCUT2D eigenvalue weighted by Gasteiger charge is 2.12. The molecule has 0 aliphatic rings. The quantitative estimate of drug-likeness (QED) is 0.852. The lowest BCUT2D eigenvalue weighted by molar-refractivity contribution is -0.120. The minimum absolute atomic E-state index is 0.108. The minimum Gasteiger partial charge on any atom is -0.374 e. The van der Waals surface area contributed by atoms with Gasteiger partial charge in [-0.25, -0.2) is 0 Å². The Bertz CT molecular complexity index is 440. The second kappa shape index (κ2) is 7.22. The van der Waals surface area contributed by atoms with Crippen molar-refractivity contribution in [1.29, 1.82) is 0 Å². The van der Waals surface area contributed by atoms with Crippen molar-refractivity contribution in [3.8, 4) is 0 Å². The van der Waals surface area contributed by atoms with Gasteiger partial charge in [0.15, 0.2) is 0 Å². The second-order valence-corrected chi connectivity index (χ2v) is 5.95. The molecule has 0 radical (unpaired) electrons. The Morgan fingerprint density at radius 2 is 1.68 bits per heavy atom. The number of nitrogens with one attached hydrogen (secondary N) is 2. The first-order valence-electron chi connectivity index (χ1n) is 5.99. The average molecular weight is 324 g/mol. The van der Waals surface area contributed by atoms with E-state index in [2.05, 4.69) is 10.6 Å². The third-order valence-electron chi connectivity index (χ3n) is 2.82. The molecule has 0 spiro atoms. The highest BCUT2D eigenvalue weighted by molar-refractivity contribution is 6.41. The topological polar surface area (TPSA) is 41.1 Å². The summed E-state index contributed by atoms with van der Waals surface area (Å²) < 4.78 is 0. The highest BCUT2D eigenvalue weighted by atomic mass is 35.5. The first kappa shape index (κ1) is 16.4. The number of benzene rings is 1. The van der Waals surface area contributed by atoms with E-state index in [0.717, 1.165) is 0 Å². The van der Waals surface area contributed by atoms with Crippen LogP contribution in [0.4, 0.5) is 5.69 Å². The van der Waals surface area contributed by atoms with Crippen molar-refractivity contribution in [3.05, 3.63) is 27.2 Å². The van der Waals surface area contributed by atoms with Crippen LogP contribution in [0.25, 0.3) is 0 Å². The van der Waals surface area contributed by atoms with Gasteiger partial charge in [-0.3, -0.25) is 4.79 Å². The fourth-order valence-corrected chi connectivity index (χ4v) is 2.30. The number of hydrogen-bond acceptors (Lipinski definition) is 2. The predicted octanol–water partition coefficient (Wildman–Crippen LogP) is 4.22. The minimum atomic E-state index is -0.108. The van der Waals surface area contributed by atoms with Gasteiger partial charge in [0, 0.05) is 11.1 Å². The summed E-state index contributed by atoms with van der Waals surface area (Å²) in [6, 6.07) is 3.27. The van der Waals surface area contributed by atoms with Gasteiger partial charge in [0.2, 0.25) is 5.91 Å². The summed E-state index contributed by atoms with van der Waals surface area (Å²) in [5.41, 5.74) is 0.514. The third kappa shape index (κ3) is 5.09. The fraction of sp³-hybridized carbons (Fsp3) is 0.462. The molecular weight excluding hydrogens is 307 g/mol. The number of rotatable bonds is 5. The number of carbonyl (C=O) groups excluding carboxylic acids is 1. The monoisotopic (exact) mass is 322 g/mol. The van der Waals surface area contributed by atoms with E-state index in [1.807, 2.05) is 20.8 Å². The zero-order chi connectivity index (χ0) is 14.6. The third-order valence-corrected chi connectivity index (χ3v) is 3.64. The normalized spacial score (nSPS) is 12.4. The zero-order valence-corrected chi connectivity index (χ0v) is 13.3. The van der Waals surface area contributed by atoms with Crippen molar-refractivity contribution >= 4 is 46.4 Å². The van der Waals surface area contributed by atoms with Crippen LogP contribution >= 0.6 is 34.8 Å². The Kier molecular flexibility index (Phi) is 6.24. The van der Waals surface area contributed by atoms with Crippen molar-refractivity contribution in [1.82, 2.24) is 5.32 Å². The molecule has 0 fully saturated rings. The number of anilines is 1. The van der Waals surface area contributed by atoms with Crippen LogP contribution in [0.3, 0.4) is 0 Å². The predicted molar refractivity (Wildman–Crippen MR) is 82.4 cm³/mol. The summed E-state index contributed by atoms with van der Waals surface area (Å²) in [6.07, 6.45) is 0. The molecule has 0 saturated heterocycles. The van der Waals surface area contributed by atoms with Crippen LogP contribution in [0.15, 0.2) is 12.1 Å². The molecule has 1 aromatic carbocycles. The van der Waals surface area contributed by atoms with Gasteiger partial charge in [-0.05, 0) is 25.0 Å². The van der Waals surface area contributed by atoms with Crippen molar-refractivity contribution in [2.45, 2.75) is 26.8 Å². The van der Waals surface area contributed by atoms with Crippen molar-refractivity contribution < 1.29 is 4.79 Å². The molecule has 1 aromatic rings. The summed E-state index contributed by atoms with van der Waals surface area (Å²) in [5.74, 6) is 0.273. The zero-order valence-electron chi connectivity index (χ0n) is 11.1. The lowest BCUT2D eigenvalue weighted by Crippen LogP contribution is -2.39. The molecule has 0 saturated carbocycles. The Balaban J connectivity index is 2.60. The van der Waals surface area contributed by atoms with Crippen LogP contribution in [0.5, 0.6) is 0 Å². The molecule has 0 aliphatic carbocycles. The van der Waals surface area contributed by atoms with Gasteiger partial charge < -0.3 is 10.6 Å². The first-order chi connectivity index (χ1) is 8.81. The van der Waals surface area contributed by atoms with Crippen LogP contribution in [-0.2, 0) is 4.79 Å². The first-order valence-corrected chi connectivity index (χ1v) is 7.12. The van der Waals surface area contributed by atoms with E-state index in [9.17, 15) is 4.79 Å². The highest BCUT2D eigenvalue weighted by Crippen LogP contribution is 2.33. The van der Waals surface area contributed by atoms with Gasteiger partial charge in [-0.15, -0.1) is 0 Å². The van der Waals surface area contributed by atoms with E-state index in [0.29, 0.717) is 26.7 Å². The average Bonchev–Trinajstić information content (AvgIpc) is 2.27. The molecule has 1 amide bonds. The molecule has 0 heterocycles. The number of halogens is 3. The molecule has 1 atom stereocenters. The van der Waals surface area contributed by atoms with E-state index < -0.39 is 0 Å². The molecule has 6 heteroatoms. The van der Waals surface area contributed by atoms with E-state index in [-0.39, 0.29) is 18.5 Å². The summed E-state index contributed by atoms with van der Waals surface area (Å²) >= 11 is 17.8. The van der Waals surface area contributed by atoms with Crippen molar-refractivity contribution in [2.24, 2.45) is 5.92 Å². The van der Waals surface area contributed by atoms with E-state index in [1.54, 1.807) is 12.1 Å². The SMILES string of the molecule is CC(C)C(C)NC(=O)CNc1c(Cl)cc(Cl)cc1Cl. The van der Waals surface area contributed by atoms with Gasteiger partial charge in [0.05, 0.1) is 22.3 Å². The molecule has 3 nitrogen and oxygen atoms in total. The van der Waals surface area contributed by atoms with Gasteiger partial charge in [0.25, 0.3) is 0 Å². The molecule has 19 heavy (non-hydrogen) atoms. The maximum absolute atomic E-state index is 11.7. The van der Waals surface area contributed by atoms with Crippen LogP contribution in [0.2, 0.25) is 15.1 Å². The standard InChI is InChI=1S/C13H17Cl3N2O/c1-7(2)8(3)18-12(19)6-17-13-10(15)4-9(14)5-11(13)16/h4-5,7-8,17H,6H2,1-3H3,(H,18,19). The molecule has 0 aliphatic heterocycles. The fourth-order valence-electron chi connectivity index (χ4n) is 1.35. The molecule has 1 unspecified atom stereocenters. The lowest BCUT2D eigenvalue weighted by Gasteiger charge is -2.18. The Labute approximate surface area is 128 Å². The number of hydrogen-bond donors (Lipinski definition) is 2. The summed E-state index contributed by atoms with van der Waals surface area (Å²) in [5, 5.41) is 7.04. The molecule has 0 aromatic heterocycles. The van der Waals surface area contributed by atoms with Crippen molar-refractivity contribution in [2.75, 3.05) is 11.9 Å². The molecule has 1 rings (SSSR count). The Morgan fingerprint density at radius 1 is 1.16 bits per heavy atom. The molecule has 2 N–H and O–H groups in total. The molecular formula is C13H17Cl3N2O. The summed E-state index contributed by atoms with van der Waals surface area (Å²) in [6.45, 7) is 6.17. The van der Waals surface area contributed by atoms with Gasteiger partial charge >= 0.3 is 0 Å². The van der Waals surface area contributed by atoms with E-state index in [1.165, 1.54) is 0 Å². The van der Waals surface area contributed by atoms with Gasteiger partial charge in [-0.1, -0.05) is 48.7 Å². The van der Waals surface area contributed by atoms with Crippen LogP contribution in [0.1, 0.15) is 20.8 Å². The second-order valence-electron chi connectivity index (χ2n) is 4.70. The van der Waals surface area contributed by atoms with Crippen LogP contribution < -0.4 is 10.6 Å². The van der Waals surface area contributed by atoms with Crippen molar-refractivity contribution in [3.63, 3.8) is 0 Å². The Morgan fingerprint density at radius 3 is 2.16 bits per heavy atom. The van der Waals surface area contributed by atoms with E-state index >= 15 is 0 Å². The van der Waals surface area contributed by atoms with Crippen LogP contribution in [-0.4, -0.2) is 18.5 Å². The Hall–Kier alpha value is -0.640. The van der Waals surface area contributed by atoms with Gasteiger partial charge in [-0.2, -0.15) is 0 Å². The maximum atomic E-state index is 11.7. The smallest absolute Gasteiger partial charge is 0.239 e. The number of amides is 1. The van der Waals surface area contributed by atoms with E-state index in [4.69, 9.17) is 34.8 Å². The van der Waals surface area contributed by atoms with Gasteiger partial charge in [0.1, 0.15) is 0 Å². The molecule has 0 bridgehead atoms. The number of carbonyl (C=O) groups is 1. The van der Waals surface area contributed by atoms with Crippen LogP contribution in [0, 0.1) is 5.92 Å². The maximum Gasteiger partial charge on any atom is 0.239 e.